The maximum Gasteiger partial charge on any atom is 0.273 e. The molecule has 0 spiro atoms. The Hall–Kier alpha value is -6.23. The first-order valence-corrected chi connectivity index (χ1v) is 19.0. The lowest BCUT2D eigenvalue weighted by Crippen LogP contribution is -2.54. The first kappa shape index (κ1) is 35.5. The van der Waals surface area contributed by atoms with E-state index in [1.54, 1.807) is 36.7 Å². The number of likely N-dealkylation sites (tertiary alicyclic amines) is 1. The zero-order valence-electron chi connectivity index (χ0n) is 30.9. The van der Waals surface area contributed by atoms with E-state index in [-0.39, 0.29) is 47.9 Å². The van der Waals surface area contributed by atoms with Crippen LogP contribution < -0.4 is 20.3 Å². The predicted molar refractivity (Wildman–Crippen MR) is 199 cm³/mol. The summed E-state index contributed by atoms with van der Waals surface area (Å²) in [6, 6.07) is 7.80. The van der Waals surface area contributed by atoms with Crippen LogP contribution in [0.2, 0.25) is 0 Å². The average molecular weight is 761 g/mol. The molecule has 1 atom stereocenters. The highest BCUT2D eigenvalue weighted by Crippen LogP contribution is 2.36. The van der Waals surface area contributed by atoms with Crippen molar-refractivity contribution in [1.29, 1.82) is 0 Å². The Balaban J connectivity index is 0.794. The molecule has 0 saturated carbocycles. The average Bonchev–Trinajstić information content (AvgIpc) is 3.81. The number of hydrogen-bond donors (Lipinski definition) is 2. The van der Waals surface area contributed by atoms with Gasteiger partial charge >= 0.3 is 0 Å². The van der Waals surface area contributed by atoms with Crippen LogP contribution in [0.15, 0.2) is 48.9 Å². The second kappa shape index (κ2) is 13.8. The van der Waals surface area contributed by atoms with E-state index in [0.29, 0.717) is 35.1 Å². The van der Waals surface area contributed by atoms with Crippen LogP contribution in [-0.2, 0) is 16.1 Å². The molecule has 6 amide bonds. The van der Waals surface area contributed by atoms with Crippen LogP contribution in [0, 0.1) is 5.92 Å². The van der Waals surface area contributed by atoms with Crippen LogP contribution in [0.1, 0.15) is 86.7 Å². The van der Waals surface area contributed by atoms with Gasteiger partial charge in [0, 0.05) is 81.3 Å². The second-order valence-corrected chi connectivity index (χ2v) is 15.3. The molecule has 9 rings (SSSR count). The van der Waals surface area contributed by atoms with Gasteiger partial charge in [0.05, 0.1) is 23.4 Å². The zero-order valence-corrected chi connectivity index (χ0v) is 30.9. The van der Waals surface area contributed by atoms with Crippen molar-refractivity contribution < 1.29 is 33.5 Å². The minimum Gasteiger partial charge on any atom is -0.473 e. The summed E-state index contributed by atoms with van der Waals surface area (Å²) in [6.07, 6.45) is 6.37. The summed E-state index contributed by atoms with van der Waals surface area (Å²) in [7, 11) is 0. The Kier molecular flexibility index (Phi) is 8.75. The molecule has 1 aromatic carbocycles. The van der Waals surface area contributed by atoms with Gasteiger partial charge in [0.2, 0.25) is 17.7 Å². The highest BCUT2D eigenvalue weighted by Gasteiger charge is 2.45. The van der Waals surface area contributed by atoms with E-state index in [9.17, 15) is 28.8 Å². The van der Waals surface area contributed by atoms with Crippen LogP contribution in [0.4, 0.5) is 11.4 Å². The van der Waals surface area contributed by atoms with Crippen molar-refractivity contribution in [2.24, 2.45) is 5.92 Å². The standard InChI is InChI=1S/C39H40N10O7/c1-21(2)56-36-29(42-34(51)28-16-41-48-11-3-10-40-33(28)48)14-23-20-47(39(55)32(23)44-36)24-8-12-45(13-9-24)17-22-18-46(19-22)25-4-5-26-27(15-25)38(54)49(37(26)53)30-6-7-31(50)43-35(30)52/h3-5,10-11,14-16,21-22,24,30H,6-9,12-13,17-20H2,1-2H3,(H,42,51)(H,43,50,52). The molecule has 5 aliphatic heterocycles. The lowest BCUT2D eigenvalue weighted by molar-refractivity contribution is -0.136. The molecule has 288 valence electrons. The molecular weight excluding hydrogens is 720 g/mol. The van der Waals surface area contributed by atoms with Gasteiger partial charge in [-0.25, -0.2) is 14.5 Å². The van der Waals surface area contributed by atoms with Gasteiger partial charge in [-0.1, -0.05) is 0 Å². The zero-order chi connectivity index (χ0) is 38.8. The summed E-state index contributed by atoms with van der Waals surface area (Å²) in [5.74, 6) is -1.99. The Labute approximate surface area is 321 Å². The SMILES string of the molecule is CC(C)Oc1nc2c(cc1NC(=O)c1cnn3cccnc13)CN(C1CCN(CC3CN(c4ccc5c(c4)C(=O)N(C4CCC(=O)NC4=O)C5=O)C3)CC1)C2=O. The number of ether oxygens (including phenoxy) is 1. The number of pyridine rings is 1. The minimum atomic E-state index is -0.991. The monoisotopic (exact) mass is 760 g/mol. The topological polar surface area (TPSA) is 192 Å². The number of piperidine rings is 2. The molecule has 17 nitrogen and oxygen atoms in total. The molecular formula is C39H40N10O7. The Morgan fingerprint density at radius 1 is 1.00 bits per heavy atom. The lowest BCUT2D eigenvalue weighted by atomic mass is 9.95. The molecule has 0 aliphatic carbocycles. The van der Waals surface area contributed by atoms with Crippen molar-refractivity contribution in [3.63, 3.8) is 0 Å². The van der Waals surface area contributed by atoms with Gasteiger partial charge in [-0.05, 0) is 63.4 Å². The van der Waals surface area contributed by atoms with Gasteiger partial charge in [0.1, 0.15) is 23.0 Å². The fourth-order valence-corrected chi connectivity index (χ4v) is 8.44. The number of amides is 6. The van der Waals surface area contributed by atoms with Gasteiger partial charge < -0.3 is 24.8 Å². The molecule has 1 unspecified atom stereocenters. The van der Waals surface area contributed by atoms with Crippen LogP contribution in [0.25, 0.3) is 5.65 Å². The number of carbonyl (C=O) groups is 6. The Morgan fingerprint density at radius 3 is 2.55 bits per heavy atom. The number of nitrogens with one attached hydrogen (secondary N) is 2. The smallest absolute Gasteiger partial charge is 0.273 e. The molecule has 0 radical (unpaired) electrons. The van der Waals surface area contributed by atoms with Crippen LogP contribution >= 0.6 is 0 Å². The highest BCUT2D eigenvalue weighted by atomic mass is 16.5. The summed E-state index contributed by atoms with van der Waals surface area (Å²) in [5, 5.41) is 9.36. The van der Waals surface area contributed by atoms with E-state index in [2.05, 4.69) is 35.5 Å². The number of benzene rings is 1. The fourth-order valence-electron chi connectivity index (χ4n) is 8.44. The first-order valence-electron chi connectivity index (χ1n) is 19.0. The second-order valence-electron chi connectivity index (χ2n) is 15.3. The number of carbonyl (C=O) groups excluding carboxylic acids is 6. The largest absolute Gasteiger partial charge is 0.473 e. The maximum atomic E-state index is 13.7. The molecule has 56 heavy (non-hydrogen) atoms. The number of imide groups is 2. The summed E-state index contributed by atoms with van der Waals surface area (Å²) in [6.45, 7) is 8.31. The van der Waals surface area contributed by atoms with Gasteiger partial charge in [0.25, 0.3) is 23.6 Å². The highest BCUT2D eigenvalue weighted by molar-refractivity contribution is 6.23. The van der Waals surface area contributed by atoms with E-state index in [4.69, 9.17) is 4.74 Å². The Bertz CT molecular complexity index is 2330. The third kappa shape index (κ3) is 6.20. The predicted octanol–water partition coefficient (Wildman–Crippen LogP) is 2.12. The van der Waals surface area contributed by atoms with Crippen LogP contribution in [-0.4, -0.2) is 121 Å². The molecule has 0 bridgehead atoms. The number of fused-ring (bicyclic) bond motifs is 3. The molecule has 3 aromatic heterocycles. The van der Waals surface area contributed by atoms with E-state index in [1.807, 2.05) is 24.8 Å². The van der Waals surface area contributed by atoms with E-state index in [0.717, 1.165) is 61.7 Å². The van der Waals surface area contributed by atoms with E-state index >= 15 is 0 Å². The summed E-state index contributed by atoms with van der Waals surface area (Å²) in [5.41, 5.74) is 3.58. The minimum absolute atomic E-state index is 0.0506. The van der Waals surface area contributed by atoms with Crippen LogP contribution in [0.5, 0.6) is 5.88 Å². The molecule has 17 heteroatoms. The maximum absolute atomic E-state index is 13.7. The van der Waals surface area contributed by atoms with Gasteiger partial charge in [-0.2, -0.15) is 5.10 Å². The molecule has 3 saturated heterocycles. The van der Waals surface area contributed by atoms with Gasteiger partial charge in [-0.3, -0.25) is 39.0 Å². The number of anilines is 2. The Morgan fingerprint density at radius 2 is 1.79 bits per heavy atom. The van der Waals surface area contributed by atoms with Crippen molar-refractivity contribution in [2.75, 3.05) is 42.9 Å². The molecule has 2 N–H and O–H groups in total. The number of rotatable bonds is 9. The first-order chi connectivity index (χ1) is 27.0. The number of aromatic nitrogens is 4. The third-order valence-electron chi connectivity index (χ3n) is 11.3. The summed E-state index contributed by atoms with van der Waals surface area (Å²) >= 11 is 0. The van der Waals surface area contributed by atoms with Crippen molar-refractivity contribution in [3.8, 4) is 5.88 Å². The van der Waals surface area contributed by atoms with Crippen molar-refractivity contribution in [1.82, 2.24) is 39.6 Å². The summed E-state index contributed by atoms with van der Waals surface area (Å²) < 4.78 is 7.50. The van der Waals surface area contributed by atoms with Gasteiger partial charge in [-0.15, -0.1) is 0 Å². The van der Waals surface area contributed by atoms with Crippen molar-refractivity contribution in [2.45, 2.75) is 64.3 Å². The quantitative estimate of drug-likeness (QED) is 0.237. The third-order valence-corrected chi connectivity index (χ3v) is 11.3. The number of hydrogen-bond acceptors (Lipinski definition) is 12. The molecule has 5 aliphatic rings. The normalized spacial score (nSPS) is 20.5. The van der Waals surface area contributed by atoms with Crippen molar-refractivity contribution >= 4 is 52.5 Å². The van der Waals surface area contributed by atoms with Crippen LogP contribution in [0.3, 0.4) is 0 Å². The van der Waals surface area contributed by atoms with Gasteiger partial charge in [0.15, 0.2) is 5.65 Å². The van der Waals surface area contributed by atoms with Crippen molar-refractivity contribution in [3.05, 3.63) is 76.9 Å². The van der Waals surface area contributed by atoms with E-state index in [1.165, 1.54) is 10.7 Å². The number of nitrogens with zero attached hydrogens (tertiary/aromatic N) is 8. The fraction of sp³-hybridized carbons (Fsp3) is 0.410. The summed E-state index contributed by atoms with van der Waals surface area (Å²) in [4.78, 5) is 93.9. The van der Waals surface area contributed by atoms with E-state index < -0.39 is 35.6 Å². The molecule has 3 fully saturated rings. The molecule has 8 heterocycles. The lowest BCUT2D eigenvalue weighted by Gasteiger charge is -2.45. The molecule has 4 aromatic rings.